The van der Waals surface area contributed by atoms with Crippen molar-refractivity contribution in [1.82, 2.24) is 19.7 Å². The second-order valence-electron chi connectivity index (χ2n) is 7.52. The van der Waals surface area contributed by atoms with E-state index in [1.807, 2.05) is 11.8 Å². The van der Waals surface area contributed by atoms with Crippen molar-refractivity contribution in [2.24, 2.45) is 0 Å². The average molecular weight is 375 g/mol. The molecule has 0 aliphatic carbocycles. The van der Waals surface area contributed by atoms with Crippen LogP contribution in [0, 0.1) is 0 Å². The molecule has 2 aromatic heterocycles. The first-order valence-corrected chi connectivity index (χ1v) is 10.6. The van der Waals surface area contributed by atoms with Gasteiger partial charge in [0.05, 0.1) is 17.9 Å². The van der Waals surface area contributed by atoms with E-state index in [1.54, 1.807) is 17.1 Å². The molecule has 2 aromatic rings. The SMILES string of the molecule is CC(C)c1ocnc1CN1CCCC1Cn1nc2c(cc1=O)CSCC2. The van der Waals surface area contributed by atoms with Crippen molar-refractivity contribution < 1.29 is 4.42 Å². The summed E-state index contributed by atoms with van der Waals surface area (Å²) in [5.74, 6) is 3.31. The number of thioether (sulfide) groups is 1. The number of oxazole rings is 1. The van der Waals surface area contributed by atoms with Crippen LogP contribution in [0.5, 0.6) is 0 Å². The number of aryl methyl sites for hydroxylation is 1. The Morgan fingerprint density at radius 1 is 1.42 bits per heavy atom. The standard InChI is InChI=1S/C19H26N4O2S/c1-13(2)19-17(20-12-25-19)10-22-6-3-4-15(22)9-23-18(24)8-14-11-26-7-5-16(14)21-23/h8,12-13,15H,3-7,9-11H2,1-2H3. The van der Waals surface area contributed by atoms with Crippen molar-refractivity contribution in [3.63, 3.8) is 0 Å². The van der Waals surface area contributed by atoms with Gasteiger partial charge in [0, 0.05) is 36.7 Å². The Morgan fingerprint density at radius 3 is 3.15 bits per heavy atom. The lowest BCUT2D eigenvalue weighted by molar-refractivity contribution is 0.212. The summed E-state index contributed by atoms with van der Waals surface area (Å²) in [6, 6.07) is 2.12. The predicted octanol–water partition coefficient (Wildman–Crippen LogP) is 2.81. The van der Waals surface area contributed by atoms with Crippen LogP contribution in [-0.2, 0) is 25.3 Å². The molecule has 0 bridgehead atoms. The fourth-order valence-electron chi connectivity index (χ4n) is 3.95. The maximum Gasteiger partial charge on any atom is 0.267 e. The summed E-state index contributed by atoms with van der Waals surface area (Å²) in [4.78, 5) is 19.3. The van der Waals surface area contributed by atoms with E-state index in [4.69, 9.17) is 4.42 Å². The Balaban J connectivity index is 1.51. The molecule has 1 fully saturated rings. The minimum absolute atomic E-state index is 0.0300. The van der Waals surface area contributed by atoms with Gasteiger partial charge in [-0.15, -0.1) is 0 Å². The van der Waals surface area contributed by atoms with Gasteiger partial charge in [0.1, 0.15) is 5.76 Å². The van der Waals surface area contributed by atoms with Gasteiger partial charge in [0.15, 0.2) is 6.39 Å². The van der Waals surface area contributed by atoms with Crippen molar-refractivity contribution in [3.8, 4) is 0 Å². The molecule has 1 saturated heterocycles. The highest BCUT2D eigenvalue weighted by Crippen LogP contribution is 2.25. The first kappa shape index (κ1) is 17.8. The Hall–Kier alpha value is -1.60. The maximum absolute atomic E-state index is 12.5. The van der Waals surface area contributed by atoms with E-state index in [2.05, 4.69) is 28.8 Å². The lowest BCUT2D eigenvalue weighted by Crippen LogP contribution is -2.37. The van der Waals surface area contributed by atoms with Gasteiger partial charge >= 0.3 is 0 Å². The van der Waals surface area contributed by atoms with E-state index in [0.29, 0.717) is 18.5 Å². The second kappa shape index (κ2) is 7.56. The molecule has 140 valence electrons. The minimum Gasteiger partial charge on any atom is -0.448 e. The number of hydrogen-bond donors (Lipinski definition) is 0. The summed E-state index contributed by atoms with van der Waals surface area (Å²) in [6.45, 7) is 6.73. The summed E-state index contributed by atoms with van der Waals surface area (Å²) < 4.78 is 7.25. The molecular formula is C19H26N4O2S. The van der Waals surface area contributed by atoms with Gasteiger partial charge in [-0.3, -0.25) is 9.69 Å². The molecule has 0 saturated carbocycles. The van der Waals surface area contributed by atoms with E-state index >= 15 is 0 Å². The highest BCUT2D eigenvalue weighted by Gasteiger charge is 2.28. The number of rotatable bonds is 5. The summed E-state index contributed by atoms with van der Waals surface area (Å²) >= 11 is 1.88. The molecule has 0 spiro atoms. The smallest absolute Gasteiger partial charge is 0.267 e. The van der Waals surface area contributed by atoms with Crippen LogP contribution in [0.2, 0.25) is 0 Å². The molecular weight excluding hydrogens is 348 g/mol. The van der Waals surface area contributed by atoms with Crippen molar-refractivity contribution in [2.75, 3.05) is 12.3 Å². The van der Waals surface area contributed by atoms with Crippen LogP contribution in [0.4, 0.5) is 0 Å². The van der Waals surface area contributed by atoms with Crippen LogP contribution >= 0.6 is 11.8 Å². The number of fused-ring (bicyclic) bond motifs is 1. The average Bonchev–Trinajstić information content (AvgIpc) is 3.26. The predicted molar refractivity (Wildman–Crippen MR) is 102 cm³/mol. The molecule has 4 rings (SSSR count). The Morgan fingerprint density at radius 2 is 2.31 bits per heavy atom. The number of likely N-dealkylation sites (tertiary alicyclic amines) is 1. The van der Waals surface area contributed by atoms with Crippen LogP contribution in [0.3, 0.4) is 0 Å². The molecule has 26 heavy (non-hydrogen) atoms. The molecule has 4 heterocycles. The van der Waals surface area contributed by atoms with Gasteiger partial charge < -0.3 is 4.42 Å². The Kier molecular flexibility index (Phi) is 5.18. The summed E-state index contributed by atoms with van der Waals surface area (Å²) in [5, 5.41) is 4.68. The molecule has 0 aromatic carbocycles. The third kappa shape index (κ3) is 3.60. The zero-order valence-electron chi connectivity index (χ0n) is 15.5. The molecule has 6 nitrogen and oxygen atoms in total. The van der Waals surface area contributed by atoms with Crippen molar-refractivity contribution in [1.29, 1.82) is 0 Å². The fraction of sp³-hybridized carbons (Fsp3) is 0.632. The van der Waals surface area contributed by atoms with E-state index in [1.165, 1.54) is 0 Å². The van der Waals surface area contributed by atoms with Crippen LogP contribution in [0.15, 0.2) is 21.7 Å². The van der Waals surface area contributed by atoms with Gasteiger partial charge in [0.2, 0.25) is 0 Å². The highest BCUT2D eigenvalue weighted by molar-refractivity contribution is 7.98. The molecule has 1 unspecified atom stereocenters. The van der Waals surface area contributed by atoms with Crippen molar-refractivity contribution in [3.05, 3.63) is 45.5 Å². The lowest BCUT2D eigenvalue weighted by atomic mass is 10.1. The largest absolute Gasteiger partial charge is 0.448 e. The topological polar surface area (TPSA) is 64.2 Å². The van der Waals surface area contributed by atoms with Crippen molar-refractivity contribution in [2.45, 2.75) is 63.9 Å². The third-order valence-electron chi connectivity index (χ3n) is 5.34. The maximum atomic E-state index is 12.5. The summed E-state index contributed by atoms with van der Waals surface area (Å²) in [7, 11) is 0. The van der Waals surface area contributed by atoms with E-state index in [0.717, 1.165) is 66.6 Å². The zero-order valence-corrected chi connectivity index (χ0v) is 16.3. The van der Waals surface area contributed by atoms with Crippen LogP contribution in [0.25, 0.3) is 0 Å². The first-order chi connectivity index (χ1) is 12.6. The monoisotopic (exact) mass is 374 g/mol. The molecule has 2 aliphatic heterocycles. The van der Waals surface area contributed by atoms with Crippen LogP contribution in [0.1, 0.15) is 55.3 Å². The van der Waals surface area contributed by atoms with E-state index in [9.17, 15) is 4.79 Å². The minimum atomic E-state index is 0.0300. The Bertz CT molecular complexity index is 829. The van der Waals surface area contributed by atoms with E-state index < -0.39 is 0 Å². The van der Waals surface area contributed by atoms with Gasteiger partial charge in [-0.05, 0) is 30.7 Å². The van der Waals surface area contributed by atoms with Crippen molar-refractivity contribution >= 4 is 11.8 Å². The van der Waals surface area contributed by atoms with Crippen LogP contribution < -0.4 is 5.56 Å². The lowest BCUT2D eigenvalue weighted by Gasteiger charge is -2.25. The molecule has 7 heteroatoms. The molecule has 2 aliphatic rings. The number of aromatic nitrogens is 3. The molecule has 0 radical (unpaired) electrons. The molecule has 0 amide bonds. The zero-order chi connectivity index (χ0) is 18.1. The summed E-state index contributed by atoms with van der Waals surface area (Å²) in [6.07, 6.45) is 4.75. The normalized spacial score (nSPS) is 20.7. The third-order valence-corrected chi connectivity index (χ3v) is 6.35. The molecule has 1 atom stereocenters. The second-order valence-corrected chi connectivity index (χ2v) is 8.63. The van der Waals surface area contributed by atoms with Gasteiger partial charge in [-0.25, -0.2) is 9.67 Å². The number of nitrogens with zero attached hydrogens (tertiary/aromatic N) is 4. The van der Waals surface area contributed by atoms with Gasteiger partial charge in [-0.2, -0.15) is 16.9 Å². The highest BCUT2D eigenvalue weighted by atomic mass is 32.2. The quantitative estimate of drug-likeness (QED) is 0.802. The van der Waals surface area contributed by atoms with E-state index in [-0.39, 0.29) is 5.56 Å². The van der Waals surface area contributed by atoms with Gasteiger partial charge in [-0.1, -0.05) is 13.8 Å². The molecule has 0 N–H and O–H groups in total. The summed E-state index contributed by atoms with van der Waals surface area (Å²) in [5.41, 5.74) is 3.28. The van der Waals surface area contributed by atoms with Gasteiger partial charge in [0.25, 0.3) is 5.56 Å². The van der Waals surface area contributed by atoms with Crippen LogP contribution in [-0.4, -0.2) is 38.0 Å². The Labute approximate surface area is 158 Å². The number of hydrogen-bond acceptors (Lipinski definition) is 6. The fourth-order valence-corrected chi connectivity index (χ4v) is 4.90. The first-order valence-electron chi connectivity index (χ1n) is 9.46.